The molecular formula is C8H13N3O. The highest BCUT2D eigenvalue weighted by Gasteiger charge is 2.25. The van der Waals surface area contributed by atoms with E-state index in [0.29, 0.717) is 11.7 Å². The quantitative estimate of drug-likeness (QED) is 0.720. The summed E-state index contributed by atoms with van der Waals surface area (Å²) in [6.07, 6.45) is 6.32. The first-order valence-corrected chi connectivity index (χ1v) is 4.40. The van der Waals surface area contributed by atoms with Crippen molar-refractivity contribution in [1.82, 2.24) is 10.1 Å². The Bertz CT molecular complexity index is 228. The summed E-state index contributed by atoms with van der Waals surface area (Å²) in [5, 5.41) is 3.75. The zero-order chi connectivity index (χ0) is 8.39. The second kappa shape index (κ2) is 3.23. The lowest BCUT2D eigenvalue weighted by Gasteiger charge is -2.13. The summed E-state index contributed by atoms with van der Waals surface area (Å²) in [7, 11) is 0. The molecule has 4 nitrogen and oxygen atoms in total. The van der Waals surface area contributed by atoms with Crippen molar-refractivity contribution in [3.05, 3.63) is 12.2 Å². The molecule has 0 aliphatic heterocycles. The van der Waals surface area contributed by atoms with Gasteiger partial charge in [0.15, 0.2) is 5.82 Å². The third-order valence-corrected chi connectivity index (χ3v) is 2.58. The second-order valence-corrected chi connectivity index (χ2v) is 3.36. The first-order valence-electron chi connectivity index (χ1n) is 4.40. The molecule has 12 heavy (non-hydrogen) atoms. The maximum atomic E-state index is 5.96. The van der Waals surface area contributed by atoms with Crippen LogP contribution in [0.4, 0.5) is 0 Å². The van der Waals surface area contributed by atoms with E-state index in [9.17, 15) is 0 Å². The molecule has 2 N–H and O–H groups in total. The molecule has 2 rings (SSSR count). The average Bonchev–Trinajstić information content (AvgIpc) is 2.77. The second-order valence-electron chi connectivity index (χ2n) is 3.36. The molecular weight excluding hydrogens is 154 g/mol. The van der Waals surface area contributed by atoms with Crippen molar-refractivity contribution in [2.45, 2.75) is 31.7 Å². The van der Waals surface area contributed by atoms with E-state index >= 15 is 0 Å². The number of hydrogen-bond donors (Lipinski definition) is 1. The number of hydrogen-bond acceptors (Lipinski definition) is 4. The molecule has 0 aromatic carbocycles. The van der Waals surface area contributed by atoms with Crippen molar-refractivity contribution >= 4 is 0 Å². The van der Waals surface area contributed by atoms with Crippen molar-refractivity contribution < 1.29 is 4.52 Å². The number of aromatic nitrogens is 2. The molecule has 0 bridgehead atoms. The fraction of sp³-hybridized carbons (Fsp3) is 0.750. The molecule has 1 aromatic rings. The van der Waals surface area contributed by atoms with Crippen LogP contribution < -0.4 is 5.73 Å². The van der Waals surface area contributed by atoms with Crippen molar-refractivity contribution in [3.63, 3.8) is 0 Å². The van der Waals surface area contributed by atoms with E-state index in [0.717, 1.165) is 0 Å². The average molecular weight is 167 g/mol. The predicted molar refractivity (Wildman–Crippen MR) is 43.2 cm³/mol. The van der Waals surface area contributed by atoms with Gasteiger partial charge in [-0.2, -0.15) is 4.98 Å². The van der Waals surface area contributed by atoms with Gasteiger partial charge in [-0.3, -0.25) is 0 Å². The molecule has 0 saturated heterocycles. The van der Waals surface area contributed by atoms with Gasteiger partial charge in [0.25, 0.3) is 0 Å². The van der Waals surface area contributed by atoms with Gasteiger partial charge in [0.1, 0.15) is 0 Å². The van der Waals surface area contributed by atoms with Crippen LogP contribution in [0.1, 0.15) is 37.5 Å². The summed E-state index contributed by atoms with van der Waals surface area (Å²) >= 11 is 0. The Labute approximate surface area is 71.1 Å². The maximum absolute atomic E-state index is 5.96. The lowest BCUT2D eigenvalue weighted by molar-refractivity contribution is 0.376. The van der Waals surface area contributed by atoms with Crippen molar-refractivity contribution in [1.29, 1.82) is 0 Å². The van der Waals surface area contributed by atoms with Crippen LogP contribution in [0.3, 0.4) is 0 Å². The zero-order valence-corrected chi connectivity index (χ0v) is 6.94. The van der Waals surface area contributed by atoms with Crippen LogP contribution in [0.25, 0.3) is 0 Å². The molecule has 0 amide bonds. The Morgan fingerprint density at radius 3 is 2.83 bits per heavy atom. The Morgan fingerprint density at radius 2 is 2.25 bits per heavy atom. The van der Waals surface area contributed by atoms with Gasteiger partial charge in [-0.1, -0.05) is 18.0 Å². The lowest BCUT2D eigenvalue weighted by atomic mass is 9.99. The van der Waals surface area contributed by atoms with E-state index in [2.05, 4.69) is 14.7 Å². The topological polar surface area (TPSA) is 64.9 Å². The molecule has 1 aliphatic carbocycles. The molecule has 0 radical (unpaired) electrons. The molecule has 4 heteroatoms. The van der Waals surface area contributed by atoms with E-state index < -0.39 is 0 Å². The molecule has 1 atom stereocenters. The van der Waals surface area contributed by atoms with Gasteiger partial charge >= 0.3 is 0 Å². The normalized spacial score (nSPS) is 21.4. The minimum Gasteiger partial charge on any atom is -0.343 e. The Hall–Kier alpha value is -0.900. The number of nitrogens with zero attached hydrogens (tertiary/aromatic N) is 2. The van der Waals surface area contributed by atoms with Gasteiger partial charge in [-0.25, -0.2) is 0 Å². The fourth-order valence-electron chi connectivity index (χ4n) is 1.85. The molecule has 1 fully saturated rings. The van der Waals surface area contributed by atoms with Gasteiger partial charge < -0.3 is 10.3 Å². The Morgan fingerprint density at radius 1 is 1.50 bits per heavy atom. The van der Waals surface area contributed by atoms with Crippen LogP contribution in [-0.2, 0) is 0 Å². The third kappa shape index (κ3) is 1.34. The van der Waals surface area contributed by atoms with Crippen molar-refractivity contribution in [2.24, 2.45) is 11.7 Å². The molecule has 1 aromatic heterocycles. The minimum absolute atomic E-state index is 0.0220. The van der Waals surface area contributed by atoms with Gasteiger partial charge in [-0.05, 0) is 18.8 Å². The van der Waals surface area contributed by atoms with E-state index in [-0.39, 0.29) is 6.04 Å². The van der Waals surface area contributed by atoms with E-state index in [1.165, 1.54) is 32.1 Å². The van der Waals surface area contributed by atoms with Gasteiger partial charge in [-0.15, -0.1) is 0 Å². The first kappa shape index (κ1) is 7.73. The highest BCUT2D eigenvalue weighted by molar-refractivity contribution is 4.93. The summed E-state index contributed by atoms with van der Waals surface area (Å²) < 4.78 is 4.65. The summed E-state index contributed by atoms with van der Waals surface area (Å²) in [5.74, 6) is 1.21. The van der Waals surface area contributed by atoms with Crippen LogP contribution >= 0.6 is 0 Å². The fourth-order valence-corrected chi connectivity index (χ4v) is 1.85. The molecule has 1 heterocycles. The SMILES string of the molecule is NC(c1ncon1)C1CCCC1. The van der Waals surface area contributed by atoms with E-state index in [4.69, 9.17) is 5.73 Å². The maximum Gasteiger partial charge on any atom is 0.213 e. The standard InChI is InChI=1S/C8H13N3O/c9-7(6-3-1-2-4-6)8-10-5-12-11-8/h5-7H,1-4,9H2. The largest absolute Gasteiger partial charge is 0.343 e. The Balaban J connectivity index is 2.04. The molecule has 66 valence electrons. The smallest absolute Gasteiger partial charge is 0.213 e. The number of nitrogens with two attached hydrogens (primary N) is 1. The zero-order valence-electron chi connectivity index (χ0n) is 6.94. The first-order chi connectivity index (χ1) is 5.88. The molecule has 1 aliphatic rings. The summed E-state index contributed by atoms with van der Waals surface area (Å²) in [5.41, 5.74) is 5.96. The molecule has 0 spiro atoms. The van der Waals surface area contributed by atoms with Gasteiger partial charge in [0.2, 0.25) is 6.39 Å². The van der Waals surface area contributed by atoms with Crippen LogP contribution in [0.2, 0.25) is 0 Å². The minimum atomic E-state index is -0.0220. The highest BCUT2D eigenvalue weighted by Crippen LogP contribution is 2.32. The van der Waals surface area contributed by atoms with Crippen LogP contribution in [0.5, 0.6) is 0 Å². The Kier molecular flexibility index (Phi) is 2.08. The van der Waals surface area contributed by atoms with E-state index in [1.54, 1.807) is 0 Å². The van der Waals surface area contributed by atoms with Crippen LogP contribution in [-0.4, -0.2) is 10.1 Å². The highest BCUT2D eigenvalue weighted by atomic mass is 16.5. The number of rotatable bonds is 2. The summed E-state index contributed by atoms with van der Waals surface area (Å²) in [6, 6.07) is -0.0220. The summed E-state index contributed by atoms with van der Waals surface area (Å²) in [6.45, 7) is 0. The monoisotopic (exact) mass is 167 g/mol. The predicted octanol–water partition coefficient (Wildman–Crippen LogP) is 1.26. The van der Waals surface area contributed by atoms with Gasteiger partial charge in [0, 0.05) is 0 Å². The van der Waals surface area contributed by atoms with Crippen molar-refractivity contribution in [3.8, 4) is 0 Å². The van der Waals surface area contributed by atoms with Crippen LogP contribution in [0.15, 0.2) is 10.9 Å². The van der Waals surface area contributed by atoms with E-state index in [1.807, 2.05) is 0 Å². The molecule has 1 saturated carbocycles. The van der Waals surface area contributed by atoms with Crippen molar-refractivity contribution in [2.75, 3.05) is 0 Å². The van der Waals surface area contributed by atoms with Gasteiger partial charge in [0.05, 0.1) is 6.04 Å². The third-order valence-electron chi connectivity index (χ3n) is 2.58. The molecule has 1 unspecified atom stereocenters. The summed E-state index contributed by atoms with van der Waals surface area (Å²) in [4.78, 5) is 3.96. The lowest BCUT2D eigenvalue weighted by Crippen LogP contribution is -2.20. The van der Waals surface area contributed by atoms with Crippen LogP contribution in [0, 0.1) is 5.92 Å².